The minimum Gasteiger partial charge on any atom is -0.463 e. The molecule has 3 rings (SSSR count). The van der Waals surface area contributed by atoms with E-state index in [-0.39, 0.29) is 18.3 Å². The second-order valence-corrected chi connectivity index (χ2v) is 7.82. The van der Waals surface area contributed by atoms with Crippen molar-refractivity contribution in [1.29, 1.82) is 0 Å². The molecule has 1 aromatic heterocycles. The summed E-state index contributed by atoms with van der Waals surface area (Å²) in [4.78, 5) is 27.8. The van der Waals surface area contributed by atoms with Crippen LogP contribution in [0.15, 0.2) is 0 Å². The molecular weight excluding hydrogens is 356 g/mol. The number of carbonyl (C=O) groups excluding carboxylic acids is 1. The van der Waals surface area contributed by atoms with E-state index in [0.29, 0.717) is 24.8 Å². The monoisotopic (exact) mass is 390 g/mol. The van der Waals surface area contributed by atoms with Crippen molar-refractivity contribution in [2.45, 2.75) is 45.4 Å². The Bertz CT molecular complexity index is 660. The van der Waals surface area contributed by atoms with Gasteiger partial charge < -0.3 is 20.3 Å². The summed E-state index contributed by atoms with van der Waals surface area (Å²) < 4.78 is 5.60. The van der Waals surface area contributed by atoms with Gasteiger partial charge in [-0.05, 0) is 32.9 Å². The molecule has 8 nitrogen and oxygen atoms in total. The van der Waals surface area contributed by atoms with Crippen LogP contribution in [0.2, 0.25) is 0 Å². The van der Waals surface area contributed by atoms with Crippen LogP contribution in [0, 0.1) is 0 Å². The highest BCUT2D eigenvalue weighted by atomic mass is 16.5. The van der Waals surface area contributed by atoms with Gasteiger partial charge in [0.15, 0.2) is 0 Å². The van der Waals surface area contributed by atoms with Crippen molar-refractivity contribution in [3.05, 3.63) is 5.56 Å². The molecule has 1 saturated heterocycles. The van der Waals surface area contributed by atoms with Crippen LogP contribution in [0.3, 0.4) is 0 Å². The van der Waals surface area contributed by atoms with Crippen molar-refractivity contribution in [3.63, 3.8) is 0 Å². The van der Waals surface area contributed by atoms with Crippen LogP contribution < -0.4 is 15.4 Å². The number of aromatic nitrogens is 2. The summed E-state index contributed by atoms with van der Waals surface area (Å²) in [5.74, 6) is 1.06. The van der Waals surface area contributed by atoms with Gasteiger partial charge in [0, 0.05) is 38.3 Å². The number of ether oxygens (including phenoxy) is 1. The Kier molecular flexibility index (Phi) is 7.44. The maximum atomic E-state index is 12.4. The lowest BCUT2D eigenvalue weighted by Crippen LogP contribution is -2.44. The normalized spacial score (nSPS) is 17.9. The number of piperazine rings is 1. The molecule has 0 aromatic carbocycles. The molecule has 0 radical (unpaired) electrons. The summed E-state index contributed by atoms with van der Waals surface area (Å²) in [6, 6.07) is 0.277. The smallest absolute Gasteiger partial charge is 0.320 e. The fourth-order valence-corrected chi connectivity index (χ4v) is 3.68. The number of hydrogen-bond donors (Lipinski definition) is 1. The fourth-order valence-electron chi connectivity index (χ4n) is 3.68. The zero-order chi connectivity index (χ0) is 19.9. The summed E-state index contributed by atoms with van der Waals surface area (Å²) in [7, 11) is 2.18. The predicted molar refractivity (Wildman–Crippen MR) is 111 cm³/mol. The third-order valence-electron chi connectivity index (χ3n) is 5.56. The van der Waals surface area contributed by atoms with Crippen LogP contribution in [0.1, 0.15) is 44.6 Å². The number of nitrogens with two attached hydrogens (primary N) is 1. The fraction of sp³-hybridized carbons (Fsp3) is 0.750. The van der Waals surface area contributed by atoms with Gasteiger partial charge in [-0.2, -0.15) is 9.97 Å². The summed E-state index contributed by atoms with van der Waals surface area (Å²) >= 11 is 0. The van der Waals surface area contributed by atoms with Crippen molar-refractivity contribution in [1.82, 2.24) is 19.8 Å². The molecule has 0 atom stereocenters. The molecule has 2 aliphatic heterocycles. The Morgan fingerprint density at radius 2 is 1.79 bits per heavy atom. The average Bonchev–Trinajstić information content (AvgIpc) is 2.99. The van der Waals surface area contributed by atoms with Crippen molar-refractivity contribution in [2.24, 2.45) is 0 Å². The van der Waals surface area contributed by atoms with Gasteiger partial charge in [0.1, 0.15) is 11.6 Å². The minimum absolute atomic E-state index is 0.0563. The lowest BCUT2D eigenvalue weighted by atomic mass is 10.2. The number of likely N-dealkylation sites (N-methyl/N-ethyl adjacent to an activating group) is 1. The highest BCUT2D eigenvalue weighted by Crippen LogP contribution is 2.32. The van der Waals surface area contributed by atoms with Gasteiger partial charge in [-0.15, -0.1) is 0 Å². The first kappa shape index (κ1) is 20.8. The summed E-state index contributed by atoms with van der Waals surface area (Å²) in [6.07, 6.45) is 5.50. The van der Waals surface area contributed by atoms with Crippen LogP contribution in [-0.4, -0.2) is 78.6 Å². The first-order valence-corrected chi connectivity index (χ1v) is 10.6. The molecule has 3 heterocycles. The molecule has 156 valence electrons. The van der Waals surface area contributed by atoms with E-state index in [0.717, 1.165) is 70.4 Å². The highest BCUT2D eigenvalue weighted by molar-refractivity contribution is 6.01. The van der Waals surface area contributed by atoms with Gasteiger partial charge in [-0.3, -0.25) is 9.69 Å². The van der Waals surface area contributed by atoms with Crippen LogP contribution in [-0.2, 0) is 11.2 Å². The topological polar surface area (TPSA) is 87.8 Å². The van der Waals surface area contributed by atoms with Crippen LogP contribution in [0.25, 0.3) is 0 Å². The standard InChI is InChI=1S/C20H34N6O2/c1-3-4-14-28-20-22-18(21)16-15-17(27)26(19(16)23-20)9-7-5-6-8-25-12-10-24(2)11-13-25/h3-15H2,1-2H3,(H2,21,22,23). The van der Waals surface area contributed by atoms with Crippen molar-refractivity contribution < 1.29 is 9.53 Å². The van der Waals surface area contributed by atoms with Crippen LogP contribution in [0.5, 0.6) is 6.01 Å². The van der Waals surface area contributed by atoms with E-state index < -0.39 is 0 Å². The van der Waals surface area contributed by atoms with Gasteiger partial charge in [0.05, 0.1) is 13.0 Å². The summed E-state index contributed by atoms with van der Waals surface area (Å²) in [5.41, 5.74) is 6.79. The second kappa shape index (κ2) is 10.0. The van der Waals surface area contributed by atoms with Crippen LogP contribution >= 0.6 is 0 Å². The van der Waals surface area contributed by atoms with E-state index >= 15 is 0 Å². The number of unbranched alkanes of at least 4 members (excludes halogenated alkanes) is 3. The number of nitrogens with zero attached hydrogens (tertiary/aromatic N) is 5. The van der Waals surface area contributed by atoms with Gasteiger partial charge in [0.25, 0.3) is 0 Å². The first-order valence-electron chi connectivity index (χ1n) is 10.6. The van der Waals surface area contributed by atoms with E-state index in [1.807, 2.05) is 0 Å². The van der Waals surface area contributed by atoms with Crippen molar-refractivity contribution in [3.8, 4) is 6.01 Å². The number of amides is 1. The first-order chi connectivity index (χ1) is 13.6. The maximum absolute atomic E-state index is 12.4. The summed E-state index contributed by atoms with van der Waals surface area (Å²) in [5, 5.41) is 0. The molecule has 0 aliphatic carbocycles. The predicted octanol–water partition coefficient (Wildman–Crippen LogP) is 1.54. The second-order valence-electron chi connectivity index (χ2n) is 7.82. The van der Waals surface area contributed by atoms with Crippen molar-refractivity contribution >= 4 is 17.5 Å². The number of carbonyl (C=O) groups is 1. The van der Waals surface area contributed by atoms with E-state index in [1.54, 1.807) is 4.90 Å². The zero-order valence-corrected chi connectivity index (χ0v) is 17.3. The van der Waals surface area contributed by atoms with E-state index in [9.17, 15) is 4.79 Å². The van der Waals surface area contributed by atoms with E-state index in [4.69, 9.17) is 10.5 Å². The van der Waals surface area contributed by atoms with Crippen LogP contribution in [0.4, 0.5) is 11.6 Å². The SMILES string of the molecule is CCCCOc1nc(N)c2c(n1)N(CCCCCN1CCN(C)CC1)C(=O)C2. The van der Waals surface area contributed by atoms with Gasteiger partial charge in [-0.1, -0.05) is 19.8 Å². The lowest BCUT2D eigenvalue weighted by Gasteiger charge is -2.32. The molecule has 0 saturated carbocycles. The summed E-state index contributed by atoms with van der Waals surface area (Å²) in [6.45, 7) is 9.12. The molecule has 2 N–H and O–H groups in total. The molecule has 1 fully saturated rings. The minimum atomic E-state index is 0.0563. The maximum Gasteiger partial charge on any atom is 0.320 e. The number of fused-ring (bicyclic) bond motifs is 1. The quantitative estimate of drug-likeness (QED) is 0.606. The highest BCUT2D eigenvalue weighted by Gasteiger charge is 2.31. The molecular formula is C20H34N6O2. The largest absolute Gasteiger partial charge is 0.463 e. The van der Waals surface area contributed by atoms with Gasteiger partial charge >= 0.3 is 6.01 Å². The van der Waals surface area contributed by atoms with Crippen molar-refractivity contribution in [2.75, 3.05) is 63.6 Å². The Morgan fingerprint density at radius 3 is 2.54 bits per heavy atom. The molecule has 0 spiro atoms. The Morgan fingerprint density at radius 1 is 1.04 bits per heavy atom. The molecule has 1 amide bonds. The number of anilines is 2. The average molecular weight is 391 g/mol. The van der Waals surface area contributed by atoms with E-state index in [2.05, 4.69) is 33.7 Å². The van der Waals surface area contributed by atoms with E-state index in [1.165, 1.54) is 0 Å². The Balaban J connectivity index is 1.47. The number of nitrogen functional groups attached to an aromatic ring is 1. The third kappa shape index (κ3) is 5.32. The number of hydrogen-bond acceptors (Lipinski definition) is 7. The number of rotatable bonds is 10. The molecule has 8 heteroatoms. The zero-order valence-electron chi connectivity index (χ0n) is 17.3. The molecule has 0 unspecified atom stereocenters. The molecule has 2 aliphatic rings. The molecule has 28 heavy (non-hydrogen) atoms. The van der Waals surface area contributed by atoms with Gasteiger partial charge in [-0.25, -0.2) is 0 Å². The molecule has 0 bridgehead atoms. The molecule has 1 aromatic rings. The Hall–Kier alpha value is -1.93. The Labute approximate surface area is 168 Å². The third-order valence-corrected chi connectivity index (χ3v) is 5.56. The lowest BCUT2D eigenvalue weighted by molar-refractivity contribution is -0.117. The van der Waals surface area contributed by atoms with Gasteiger partial charge in [0.2, 0.25) is 5.91 Å².